The van der Waals surface area contributed by atoms with Crippen LogP contribution in [0.1, 0.15) is 27.6 Å². The standard InChI is InChI=1S/C30H24FN5O7S3/c31-20-14-21-22(13-19(20)18-9-5-2-6-10-18)44-28(33-21)25(27-36-35-24(43-27)15-23-26(37)34-30(39)45-23)46(40,41)12-11-32-29(38)42-16-17-7-3-1-4-8-17/h1-10,13-14,23,25H,11-12,15-16H2,(H,32,38)(H,34,37,39). The van der Waals surface area contributed by atoms with Crippen molar-refractivity contribution in [3.05, 3.63) is 101 Å². The van der Waals surface area contributed by atoms with E-state index in [1.54, 1.807) is 54.6 Å². The molecule has 16 heteroatoms. The van der Waals surface area contributed by atoms with Gasteiger partial charge < -0.3 is 14.5 Å². The van der Waals surface area contributed by atoms with Crippen molar-refractivity contribution in [3.63, 3.8) is 0 Å². The summed E-state index contributed by atoms with van der Waals surface area (Å²) in [4.78, 5) is 40.3. The lowest BCUT2D eigenvalue weighted by Crippen LogP contribution is -2.31. The smallest absolute Gasteiger partial charge is 0.407 e. The van der Waals surface area contributed by atoms with E-state index in [-0.39, 0.29) is 41.9 Å². The Morgan fingerprint density at radius 3 is 2.52 bits per heavy atom. The van der Waals surface area contributed by atoms with Crippen molar-refractivity contribution in [2.24, 2.45) is 0 Å². The Bertz CT molecular complexity index is 2020. The molecular formula is C30H24FN5O7S3. The number of fused-ring (bicyclic) bond motifs is 1. The van der Waals surface area contributed by atoms with Crippen LogP contribution in [0.2, 0.25) is 0 Å². The van der Waals surface area contributed by atoms with E-state index in [2.05, 4.69) is 25.8 Å². The minimum Gasteiger partial charge on any atom is -0.445 e. The normalized spacial score (nSPS) is 15.5. The first kappa shape index (κ1) is 31.3. The number of alkyl carbamates (subject to hydrolysis) is 1. The fraction of sp³-hybridized carbons (Fsp3) is 0.200. The number of aromatic nitrogens is 3. The highest BCUT2D eigenvalue weighted by Gasteiger charge is 2.38. The molecule has 3 heterocycles. The van der Waals surface area contributed by atoms with Gasteiger partial charge in [-0.05, 0) is 17.2 Å². The molecule has 1 fully saturated rings. The second-order valence-corrected chi connectivity index (χ2v) is 14.5. The summed E-state index contributed by atoms with van der Waals surface area (Å²) in [5.74, 6) is -1.98. The van der Waals surface area contributed by atoms with Crippen molar-refractivity contribution < 1.29 is 36.3 Å². The average molecular weight is 682 g/mol. The molecule has 236 valence electrons. The Balaban J connectivity index is 1.26. The van der Waals surface area contributed by atoms with E-state index >= 15 is 4.39 Å². The zero-order chi connectivity index (χ0) is 32.3. The van der Waals surface area contributed by atoms with Crippen molar-refractivity contribution >= 4 is 60.4 Å². The summed E-state index contributed by atoms with van der Waals surface area (Å²) in [6.07, 6.45) is -0.913. The first-order chi connectivity index (χ1) is 22.2. The van der Waals surface area contributed by atoms with Gasteiger partial charge in [0.05, 0.1) is 16.0 Å². The Morgan fingerprint density at radius 2 is 1.80 bits per heavy atom. The van der Waals surface area contributed by atoms with Crippen LogP contribution in [0.4, 0.5) is 14.0 Å². The van der Waals surface area contributed by atoms with E-state index in [0.29, 0.717) is 15.8 Å². The molecule has 46 heavy (non-hydrogen) atoms. The minimum atomic E-state index is -4.20. The Kier molecular flexibility index (Phi) is 9.10. The molecule has 3 aromatic carbocycles. The van der Waals surface area contributed by atoms with Crippen LogP contribution in [0.5, 0.6) is 0 Å². The summed E-state index contributed by atoms with van der Waals surface area (Å²) < 4.78 is 54.2. The number of sulfone groups is 1. The van der Waals surface area contributed by atoms with Crippen LogP contribution in [0, 0.1) is 5.82 Å². The number of imide groups is 1. The van der Waals surface area contributed by atoms with E-state index < -0.39 is 49.1 Å². The fourth-order valence-electron chi connectivity index (χ4n) is 4.66. The maximum atomic E-state index is 15.1. The quantitative estimate of drug-likeness (QED) is 0.196. The van der Waals surface area contributed by atoms with Crippen molar-refractivity contribution in [3.8, 4) is 11.1 Å². The molecule has 1 aliphatic rings. The van der Waals surface area contributed by atoms with Gasteiger partial charge in [-0.2, -0.15) is 0 Å². The van der Waals surface area contributed by atoms with Gasteiger partial charge >= 0.3 is 6.09 Å². The van der Waals surface area contributed by atoms with E-state index in [0.717, 1.165) is 28.7 Å². The molecule has 2 atom stereocenters. The zero-order valence-electron chi connectivity index (χ0n) is 23.7. The van der Waals surface area contributed by atoms with Crippen LogP contribution in [0.15, 0.2) is 77.2 Å². The minimum absolute atomic E-state index is 0.00292. The molecule has 3 amide bonds. The third-order valence-electron chi connectivity index (χ3n) is 6.86. The van der Waals surface area contributed by atoms with Gasteiger partial charge in [0.25, 0.3) is 5.24 Å². The second kappa shape index (κ2) is 13.4. The van der Waals surface area contributed by atoms with Gasteiger partial charge in [-0.3, -0.25) is 14.9 Å². The number of nitrogens with zero attached hydrogens (tertiary/aromatic N) is 3. The number of carbonyl (C=O) groups excluding carboxylic acids is 3. The molecule has 0 aliphatic carbocycles. The maximum Gasteiger partial charge on any atom is 0.407 e. The molecule has 12 nitrogen and oxygen atoms in total. The predicted molar refractivity (Wildman–Crippen MR) is 168 cm³/mol. The largest absolute Gasteiger partial charge is 0.445 e. The fourth-order valence-corrected chi connectivity index (χ4v) is 8.40. The van der Waals surface area contributed by atoms with E-state index in [1.807, 2.05) is 12.1 Å². The van der Waals surface area contributed by atoms with Crippen LogP contribution >= 0.6 is 23.1 Å². The van der Waals surface area contributed by atoms with Crippen LogP contribution in [0.25, 0.3) is 21.3 Å². The lowest BCUT2D eigenvalue weighted by atomic mass is 10.1. The summed E-state index contributed by atoms with van der Waals surface area (Å²) in [7, 11) is -4.20. The van der Waals surface area contributed by atoms with Crippen LogP contribution in [-0.2, 0) is 32.4 Å². The molecule has 2 N–H and O–H groups in total. The van der Waals surface area contributed by atoms with E-state index in [1.165, 1.54) is 6.07 Å². The lowest BCUT2D eigenvalue weighted by Gasteiger charge is -2.13. The number of halogens is 1. The molecule has 0 saturated carbocycles. The number of benzene rings is 3. The highest BCUT2D eigenvalue weighted by atomic mass is 32.2. The second-order valence-electron chi connectivity index (χ2n) is 10.1. The van der Waals surface area contributed by atoms with Crippen molar-refractivity contribution in [1.29, 1.82) is 0 Å². The third-order valence-corrected chi connectivity index (χ3v) is 11.0. The molecule has 0 radical (unpaired) electrons. The van der Waals surface area contributed by atoms with Gasteiger partial charge in [0.15, 0.2) is 15.1 Å². The average Bonchev–Trinajstić information content (AvgIpc) is 3.74. The topological polar surface area (TPSA) is 170 Å². The Labute approximate surface area is 269 Å². The number of thioether (sulfide) groups is 1. The van der Waals surface area contributed by atoms with Gasteiger partial charge in [-0.1, -0.05) is 72.4 Å². The lowest BCUT2D eigenvalue weighted by molar-refractivity contribution is -0.119. The van der Waals surface area contributed by atoms with Crippen molar-refractivity contribution in [2.45, 2.75) is 23.5 Å². The molecule has 5 aromatic rings. The molecule has 0 spiro atoms. The Hall–Kier alpha value is -4.67. The highest BCUT2D eigenvalue weighted by molar-refractivity contribution is 8.15. The molecule has 0 bridgehead atoms. The number of thiazole rings is 1. The number of rotatable bonds is 11. The van der Waals surface area contributed by atoms with Gasteiger partial charge in [0, 0.05) is 24.6 Å². The number of amides is 3. The van der Waals surface area contributed by atoms with Crippen molar-refractivity contribution in [2.75, 3.05) is 12.3 Å². The highest BCUT2D eigenvalue weighted by Crippen LogP contribution is 2.38. The monoisotopic (exact) mass is 681 g/mol. The summed E-state index contributed by atoms with van der Waals surface area (Å²) in [5.41, 5.74) is 1.96. The number of nitrogens with one attached hydrogen (secondary N) is 2. The molecular weight excluding hydrogens is 658 g/mol. The van der Waals surface area contributed by atoms with Crippen molar-refractivity contribution in [1.82, 2.24) is 25.8 Å². The predicted octanol–water partition coefficient (Wildman–Crippen LogP) is 4.81. The van der Waals surface area contributed by atoms with Gasteiger partial charge in [0.1, 0.15) is 22.7 Å². The van der Waals surface area contributed by atoms with Gasteiger partial charge in [0.2, 0.25) is 17.7 Å². The number of ether oxygens (including phenoxy) is 1. The van der Waals surface area contributed by atoms with Gasteiger partial charge in [-0.25, -0.2) is 22.6 Å². The first-order valence-electron chi connectivity index (χ1n) is 13.8. The van der Waals surface area contributed by atoms with Gasteiger partial charge in [-0.15, -0.1) is 21.5 Å². The molecule has 1 aliphatic heterocycles. The van der Waals surface area contributed by atoms with E-state index in [9.17, 15) is 22.8 Å². The summed E-state index contributed by atoms with van der Waals surface area (Å²) >= 11 is 1.79. The van der Waals surface area contributed by atoms with Crippen LogP contribution in [0.3, 0.4) is 0 Å². The molecule has 2 unspecified atom stereocenters. The molecule has 1 saturated heterocycles. The third kappa shape index (κ3) is 7.08. The summed E-state index contributed by atoms with van der Waals surface area (Å²) in [6.45, 7) is -0.297. The number of hydrogen-bond acceptors (Lipinski definition) is 12. The molecule has 6 rings (SSSR count). The van der Waals surface area contributed by atoms with E-state index in [4.69, 9.17) is 9.15 Å². The maximum absolute atomic E-state index is 15.1. The summed E-state index contributed by atoms with van der Waals surface area (Å²) in [6, 6.07) is 20.7. The summed E-state index contributed by atoms with van der Waals surface area (Å²) in [5, 5.41) is 9.64. The number of carbonyl (C=O) groups is 3. The van der Waals surface area contributed by atoms with Crippen LogP contribution < -0.4 is 10.6 Å². The SMILES string of the molecule is O=C(NCCS(=O)(=O)C(c1nnc(CC2SC(=O)NC2=O)o1)c1nc2cc(F)c(-c3ccccc3)cc2s1)OCc1ccccc1. The first-order valence-corrected chi connectivity index (χ1v) is 17.2. The number of hydrogen-bond donors (Lipinski definition) is 2. The molecule has 2 aromatic heterocycles. The zero-order valence-corrected chi connectivity index (χ0v) is 26.2. The van der Waals surface area contributed by atoms with Crippen LogP contribution in [-0.4, -0.2) is 58.4 Å². The Morgan fingerprint density at radius 1 is 1.07 bits per heavy atom.